The van der Waals surface area contributed by atoms with E-state index in [4.69, 9.17) is 9.47 Å². The molecule has 2 aromatic rings. The molecule has 2 N–H and O–H groups in total. The standard InChI is InChI=1S/C20H22N2O4S2/c1-3-26-16-9-8-15(12-17(16)25-2)19(24)22-21-18(23)13-4-6-14(7-5-13)20-27-10-11-28-20/h4-9,12,20H,3,10-11H2,1-2H3,(H,21,23)(H,22,24). The van der Waals surface area contributed by atoms with E-state index >= 15 is 0 Å². The number of carbonyl (C=O) groups excluding carboxylic acids is 2. The second kappa shape index (κ2) is 9.75. The molecular weight excluding hydrogens is 396 g/mol. The van der Waals surface area contributed by atoms with Gasteiger partial charge in [0, 0.05) is 22.6 Å². The molecule has 28 heavy (non-hydrogen) atoms. The van der Waals surface area contributed by atoms with Gasteiger partial charge in [0.2, 0.25) is 0 Å². The topological polar surface area (TPSA) is 76.7 Å². The van der Waals surface area contributed by atoms with Crippen LogP contribution >= 0.6 is 23.5 Å². The van der Waals surface area contributed by atoms with E-state index in [1.54, 1.807) is 30.3 Å². The van der Waals surface area contributed by atoms with Gasteiger partial charge in [0.15, 0.2) is 11.5 Å². The van der Waals surface area contributed by atoms with Crippen molar-refractivity contribution >= 4 is 35.3 Å². The molecule has 1 heterocycles. The van der Waals surface area contributed by atoms with Gasteiger partial charge in [0.1, 0.15) is 0 Å². The summed E-state index contributed by atoms with van der Waals surface area (Å²) in [6, 6.07) is 12.3. The number of rotatable bonds is 6. The second-order valence-corrected chi connectivity index (χ2v) is 8.63. The summed E-state index contributed by atoms with van der Waals surface area (Å²) in [7, 11) is 1.51. The molecule has 0 saturated carbocycles. The lowest BCUT2D eigenvalue weighted by atomic mass is 10.1. The van der Waals surface area contributed by atoms with Crippen molar-refractivity contribution in [3.63, 3.8) is 0 Å². The number of amides is 2. The molecule has 8 heteroatoms. The minimum Gasteiger partial charge on any atom is -0.493 e. The van der Waals surface area contributed by atoms with Crippen LogP contribution in [0.15, 0.2) is 42.5 Å². The normalized spacial score (nSPS) is 13.8. The lowest BCUT2D eigenvalue weighted by Crippen LogP contribution is -2.41. The number of hydrogen-bond acceptors (Lipinski definition) is 6. The number of methoxy groups -OCH3 is 1. The molecule has 0 radical (unpaired) electrons. The van der Waals surface area contributed by atoms with Crippen LogP contribution in [0.1, 0.15) is 37.8 Å². The highest BCUT2D eigenvalue weighted by atomic mass is 32.2. The first kappa shape index (κ1) is 20.4. The molecule has 1 fully saturated rings. The lowest BCUT2D eigenvalue weighted by molar-refractivity contribution is 0.0846. The average Bonchev–Trinajstić information content (AvgIpc) is 3.27. The van der Waals surface area contributed by atoms with Crippen LogP contribution in [-0.4, -0.2) is 37.0 Å². The Hall–Kier alpha value is -2.32. The number of ether oxygens (including phenoxy) is 2. The maximum atomic E-state index is 12.3. The van der Waals surface area contributed by atoms with Crippen molar-refractivity contribution in [2.75, 3.05) is 25.2 Å². The number of hydrazine groups is 1. The highest BCUT2D eigenvalue weighted by Gasteiger charge is 2.18. The van der Waals surface area contributed by atoms with Crippen molar-refractivity contribution in [2.24, 2.45) is 0 Å². The average molecular weight is 419 g/mol. The molecule has 0 aliphatic carbocycles. The van der Waals surface area contributed by atoms with Crippen molar-refractivity contribution in [1.82, 2.24) is 10.9 Å². The summed E-state index contributed by atoms with van der Waals surface area (Å²) in [5, 5.41) is 0. The number of nitrogens with one attached hydrogen (secondary N) is 2. The van der Waals surface area contributed by atoms with Gasteiger partial charge in [0.05, 0.1) is 18.3 Å². The van der Waals surface area contributed by atoms with E-state index in [9.17, 15) is 9.59 Å². The number of thioether (sulfide) groups is 2. The molecule has 0 bridgehead atoms. The summed E-state index contributed by atoms with van der Waals surface area (Å²) in [6.07, 6.45) is 0. The molecule has 0 spiro atoms. The minimum absolute atomic E-state index is 0.353. The Morgan fingerprint density at radius 3 is 2.18 bits per heavy atom. The number of hydrogen-bond donors (Lipinski definition) is 2. The van der Waals surface area contributed by atoms with Gasteiger partial charge in [-0.2, -0.15) is 0 Å². The molecule has 6 nitrogen and oxygen atoms in total. The second-order valence-electron chi connectivity index (χ2n) is 5.90. The molecule has 1 saturated heterocycles. The van der Waals surface area contributed by atoms with Gasteiger partial charge in [0.25, 0.3) is 11.8 Å². The van der Waals surface area contributed by atoms with Gasteiger partial charge in [-0.05, 0) is 42.8 Å². The maximum absolute atomic E-state index is 12.3. The van der Waals surface area contributed by atoms with E-state index < -0.39 is 5.91 Å². The van der Waals surface area contributed by atoms with Crippen LogP contribution in [0.25, 0.3) is 0 Å². The van der Waals surface area contributed by atoms with Crippen molar-refractivity contribution in [3.8, 4) is 11.5 Å². The molecule has 0 unspecified atom stereocenters. The summed E-state index contributed by atoms with van der Waals surface area (Å²) in [5.74, 6) is 2.51. The van der Waals surface area contributed by atoms with Crippen LogP contribution < -0.4 is 20.3 Å². The highest BCUT2D eigenvalue weighted by Crippen LogP contribution is 2.45. The first-order chi connectivity index (χ1) is 13.6. The highest BCUT2D eigenvalue weighted by molar-refractivity contribution is 8.19. The summed E-state index contributed by atoms with van der Waals surface area (Å²) >= 11 is 3.83. The fourth-order valence-electron chi connectivity index (χ4n) is 2.68. The van der Waals surface area contributed by atoms with Crippen LogP contribution in [0.3, 0.4) is 0 Å². The van der Waals surface area contributed by atoms with Crippen LogP contribution in [-0.2, 0) is 0 Å². The van der Waals surface area contributed by atoms with Crippen molar-refractivity contribution < 1.29 is 19.1 Å². The molecule has 1 aliphatic rings. The molecule has 2 aromatic carbocycles. The Balaban J connectivity index is 1.58. The summed E-state index contributed by atoms with van der Waals surface area (Å²) in [5.41, 5.74) is 6.91. The van der Waals surface area contributed by atoms with Crippen LogP contribution in [0.5, 0.6) is 11.5 Å². The Labute approximate surface area is 172 Å². The summed E-state index contributed by atoms with van der Waals surface area (Å²) < 4.78 is 11.1. The lowest BCUT2D eigenvalue weighted by Gasteiger charge is -2.12. The van der Waals surface area contributed by atoms with Gasteiger partial charge >= 0.3 is 0 Å². The van der Waals surface area contributed by atoms with Gasteiger partial charge < -0.3 is 9.47 Å². The third-order valence-corrected chi connectivity index (χ3v) is 7.19. The smallest absolute Gasteiger partial charge is 0.269 e. The van der Waals surface area contributed by atoms with Crippen molar-refractivity contribution in [2.45, 2.75) is 11.5 Å². The zero-order chi connectivity index (χ0) is 19.9. The van der Waals surface area contributed by atoms with Gasteiger partial charge in [-0.15, -0.1) is 23.5 Å². The monoisotopic (exact) mass is 418 g/mol. The zero-order valence-corrected chi connectivity index (χ0v) is 17.3. The first-order valence-corrected chi connectivity index (χ1v) is 11.0. The van der Waals surface area contributed by atoms with Crippen LogP contribution in [0.2, 0.25) is 0 Å². The van der Waals surface area contributed by atoms with Gasteiger partial charge in [-0.25, -0.2) is 0 Å². The quantitative estimate of drug-likeness (QED) is 0.698. The number of benzene rings is 2. The Morgan fingerprint density at radius 2 is 1.57 bits per heavy atom. The molecule has 0 atom stereocenters. The minimum atomic E-state index is -0.440. The summed E-state index contributed by atoms with van der Waals surface area (Å²) in [4.78, 5) is 24.6. The Bertz CT molecular complexity index is 837. The van der Waals surface area contributed by atoms with E-state index in [0.29, 0.717) is 33.8 Å². The molecule has 0 aromatic heterocycles. The fraction of sp³-hybridized carbons (Fsp3) is 0.300. The predicted molar refractivity (Wildman–Crippen MR) is 113 cm³/mol. The molecule has 3 rings (SSSR count). The molecular formula is C20H22N2O4S2. The van der Waals surface area contributed by atoms with E-state index in [0.717, 1.165) is 11.5 Å². The SMILES string of the molecule is CCOc1ccc(C(=O)NNC(=O)c2ccc(C3SCCS3)cc2)cc1OC. The van der Waals surface area contributed by atoms with Crippen LogP contribution in [0, 0.1) is 0 Å². The fourth-order valence-corrected chi connectivity index (χ4v) is 5.54. The Kier molecular flexibility index (Phi) is 7.11. The van der Waals surface area contributed by atoms with Crippen LogP contribution in [0.4, 0.5) is 0 Å². The van der Waals surface area contributed by atoms with Gasteiger partial charge in [-0.1, -0.05) is 12.1 Å². The largest absolute Gasteiger partial charge is 0.493 e. The molecule has 2 amide bonds. The van der Waals surface area contributed by atoms with Crippen molar-refractivity contribution in [3.05, 3.63) is 59.2 Å². The summed E-state index contributed by atoms with van der Waals surface area (Å²) in [6.45, 7) is 2.36. The third kappa shape index (κ3) is 4.94. The van der Waals surface area contributed by atoms with E-state index in [-0.39, 0.29) is 5.91 Å². The van der Waals surface area contributed by atoms with Crippen molar-refractivity contribution in [1.29, 1.82) is 0 Å². The molecule has 148 valence electrons. The third-order valence-electron chi connectivity index (χ3n) is 4.08. The predicted octanol–water partition coefficient (Wildman–Crippen LogP) is 3.65. The zero-order valence-electron chi connectivity index (χ0n) is 15.7. The van der Waals surface area contributed by atoms with E-state index in [1.165, 1.54) is 12.7 Å². The number of carbonyl (C=O) groups is 2. The Morgan fingerprint density at radius 1 is 0.964 bits per heavy atom. The first-order valence-electron chi connectivity index (χ1n) is 8.87. The van der Waals surface area contributed by atoms with E-state index in [1.807, 2.05) is 42.6 Å². The maximum Gasteiger partial charge on any atom is 0.269 e. The van der Waals surface area contributed by atoms with E-state index in [2.05, 4.69) is 10.9 Å². The van der Waals surface area contributed by atoms with Gasteiger partial charge in [-0.3, -0.25) is 20.4 Å². The molecule has 1 aliphatic heterocycles.